The number of nitro groups is 1. The fourth-order valence-electron chi connectivity index (χ4n) is 3.73. The van der Waals surface area contributed by atoms with Crippen molar-refractivity contribution in [3.8, 4) is 0 Å². The molecule has 0 saturated carbocycles. The normalized spacial score (nSPS) is 15.8. The number of fused-ring (bicyclic) bond motifs is 1. The molecule has 2 heterocycles. The first-order valence-corrected chi connectivity index (χ1v) is 10.0. The molecule has 2 N–H and O–H groups in total. The molecule has 4 rings (SSSR count). The molecular formula is C21H21ClN4O4. The number of benzene rings is 2. The van der Waals surface area contributed by atoms with Crippen LogP contribution in [0, 0.1) is 10.1 Å². The molecule has 0 bridgehead atoms. The molecule has 0 spiro atoms. The Morgan fingerprint density at radius 1 is 1.23 bits per heavy atom. The van der Waals surface area contributed by atoms with Gasteiger partial charge >= 0.3 is 0 Å². The highest BCUT2D eigenvalue weighted by atomic mass is 35.5. The topological polar surface area (TPSA) is 100 Å². The summed E-state index contributed by atoms with van der Waals surface area (Å²) in [6, 6.07) is 12.0. The molecule has 8 nitrogen and oxygen atoms in total. The second-order valence-electron chi connectivity index (χ2n) is 7.12. The van der Waals surface area contributed by atoms with Crippen LogP contribution < -0.4 is 5.32 Å². The van der Waals surface area contributed by atoms with Gasteiger partial charge in [0, 0.05) is 53.9 Å². The first kappa shape index (κ1) is 20.3. The number of nitrogens with one attached hydrogen (secondary N) is 2. The molecule has 1 unspecified atom stereocenters. The van der Waals surface area contributed by atoms with E-state index in [1.165, 1.54) is 12.1 Å². The Kier molecular flexibility index (Phi) is 5.98. The van der Waals surface area contributed by atoms with Crippen LogP contribution in [-0.4, -0.2) is 53.6 Å². The number of amides is 1. The second kappa shape index (κ2) is 8.83. The maximum absolute atomic E-state index is 12.9. The fraction of sp³-hybridized carbons (Fsp3) is 0.286. The molecule has 3 aromatic rings. The number of aromatic amines is 1. The number of rotatable bonds is 6. The number of ether oxygens (including phenoxy) is 1. The number of H-pyrrole nitrogens is 1. The average molecular weight is 429 g/mol. The third kappa shape index (κ3) is 4.30. The van der Waals surface area contributed by atoms with E-state index < -0.39 is 4.92 Å². The van der Waals surface area contributed by atoms with Crippen LogP contribution in [0.1, 0.15) is 22.0 Å². The van der Waals surface area contributed by atoms with Crippen LogP contribution in [-0.2, 0) is 4.74 Å². The van der Waals surface area contributed by atoms with Gasteiger partial charge in [0.1, 0.15) is 0 Å². The maximum Gasteiger partial charge on any atom is 0.270 e. The van der Waals surface area contributed by atoms with Gasteiger partial charge in [-0.2, -0.15) is 0 Å². The highest BCUT2D eigenvalue weighted by Gasteiger charge is 2.24. The standard InChI is InChI=1S/C21H21ClN4O4/c22-15-3-1-14(2-4-15)20(25-7-9-30-10-8-25)13-24-21(27)18-12-23-19-6-5-16(26(28)29)11-17(18)19/h1-6,11-12,20,23H,7-10,13H2,(H,24,27). The van der Waals surface area contributed by atoms with E-state index in [0.29, 0.717) is 41.2 Å². The van der Waals surface area contributed by atoms with E-state index in [0.717, 1.165) is 18.7 Å². The van der Waals surface area contributed by atoms with E-state index in [1.54, 1.807) is 12.3 Å². The maximum atomic E-state index is 12.9. The van der Waals surface area contributed by atoms with E-state index in [4.69, 9.17) is 16.3 Å². The lowest BCUT2D eigenvalue weighted by Gasteiger charge is -2.35. The third-order valence-corrected chi connectivity index (χ3v) is 5.57. The molecule has 0 aliphatic carbocycles. The summed E-state index contributed by atoms with van der Waals surface area (Å²) in [6.07, 6.45) is 1.58. The van der Waals surface area contributed by atoms with Gasteiger partial charge < -0.3 is 15.0 Å². The van der Waals surface area contributed by atoms with Crippen molar-refractivity contribution in [3.63, 3.8) is 0 Å². The Bertz CT molecular complexity index is 1060. The number of aromatic nitrogens is 1. The average Bonchev–Trinajstić information content (AvgIpc) is 3.19. The highest BCUT2D eigenvalue weighted by molar-refractivity contribution is 6.30. The van der Waals surface area contributed by atoms with Crippen molar-refractivity contribution in [1.82, 2.24) is 15.2 Å². The van der Waals surface area contributed by atoms with Gasteiger partial charge in [0.15, 0.2) is 0 Å². The number of nitro benzene ring substituents is 1. The molecule has 1 aliphatic rings. The van der Waals surface area contributed by atoms with Crippen molar-refractivity contribution < 1.29 is 14.5 Å². The molecule has 0 radical (unpaired) electrons. The zero-order chi connectivity index (χ0) is 21.1. The summed E-state index contributed by atoms with van der Waals surface area (Å²) in [4.78, 5) is 28.8. The minimum atomic E-state index is -0.469. The Labute approximate surface area is 177 Å². The van der Waals surface area contributed by atoms with Crippen LogP contribution in [0.15, 0.2) is 48.7 Å². The van der Waals surface area contributed by atoms with Crippen molar-refractivity contribution in [1.29, 1.82) is 0 Å². The monoisotopic (exact) mass is 428 g/mol. The summed E-state index contributed by atoms with van der Waals surface area (Å²) in [7, 11) is 0. The molecule has 1 atom stereocenters. The van der Waals surface area contributed by atoms with Gasteiger partial charge in [0.2, 0.25) is 0 Å². The Morgan fingerprint density at radius 3 is 2.67 bits per heavy atom. The summed E-state index contributed by atoms with van der Waals surface area (Å²) in [5, 5.41) is 15.3. The highest BCUT2D eigenvalue weighted by Crippen LogP contribution is 2.25. The summed E-state index contributed by atoms with van der Waals surface area (Å²) in [5.41, 5.74) is 2.05. The number of carbonyl (C=O) groups is 1. The number of non-ortho nitro benzene ring substituents is 1. The number of carbonyl (C=O) groups excluding carboxylic acids is 1. The van der Waals surface area contributed by atoms with Gasteiger partial charge in [-0.05, 0) is 23.8 Å². The number of hydrogen-bond donors (Lipinski definition) is 2. The minimum absolute atomic E-state index is 0.0327. The van der Waals surface area contributed by atoms with Crippen LogP contribution >= 0.6 is 11.6 Å². The van der Waals surface area contributed by atoms with Gasteiger partial charge in [-0.3, -0.25) is 19.8 Å². The lowest BCUT2D eigenvalue weighted by molar-refractivity contribution is -0.384. The second-order valence-corrected chi connectivity index (χ2v) is 7.55. The molecule has 9 heteroatoms. The summed E-state index contributed by atoms with van der Waals surface area (Å²) in [5.74, 6) is -0.283. The lowest BCUT2D eigenvalue weighted by Crippen LogP contribution is -2.43. The van der Waals surface area contributed by atoms with Crippen molar-refractivity contribution in [2.45, 2.75) is 6.04 Å². The van der Waals surface area contributed by atoms with E-state index in [-0.39, 0.29) is 17.6 Å². The molecule has 1 amide bonds. The van der Waals surface area contributed by atoms with Crippen LogP contribution in [0.5, 0.6) is 0 Å². The molecule has 1 fully saturated rings. The zero-order valence-electron chi connectivity index (χ0n) is 16.1. The predicted octanol–water partition coefficient (Wildman–Crippen LogP) is 3.53. The van der Waals surface area contributed by atoms with Gasteiger partial charge in [-0.25, -0.2) is 0 Å². The molecule has 1 aromatic heterocycles. The van der Waals surface area contributed by atoms with Gasteiger partial charge in [0.05, 0.1) is 29.7 Å². The van der Waals surface area contributed by atoms with Crippen molar-refractivity contribution in [2.75, 3.05) is 32.8 Å². The van der Waals surface area contributed by atoms with Crippen LogP contribution in [0.4, 0.5) is 5.69 Å². The van der Waals surface area contributed by atoms with Gasteiger partial charge in [-0.1, -0.05) is 23.7 Å². The predicted molar refractivity (Wildman–Crippen MR) is 114 cm³/mol. The summed E-state index contributed by atoms with van der Waals surface area (Å²) in [6.45, 7) is 3.21. The number of hydrogen-bond acceptors (Lipinski definition) is 5. The fourth-order valence-corrected chi connectivity index (χ4v) is 3.85. The number of nitrogens with zero attached hydrogens (tertiary/aromatic N) is 2. The van der Waals surface area contributed by atoms with E-state index in [9.17, 15) is 14.9 Å². The molecule has 30 heavy (non-hydrogen) atoms. The van der Waals surface area contributed by atoms with Crippen LogP contribution in [0.2, 0.25) is 5.02 Å². The van der Waals surface area contributed by atoms with Crippen LogP contribution in [0.3, 0.4) is 0 Å². The minimum Gasteiger partial charge on any atom is -0.379 e. The van der Waals surface area contributed by atoms with Crippen molar-refractivity contribution in [2.24, 2.45) is 0 Å². The first-order valence-electron chi connectivity index (χ1n) is 9.64. The Morgan fingerprint density at radius 2 is 1.97 bits per heavy atom. The van der Waals surface area contributed by atoms with E-state index in [1.807, 2.05) is 24.3 Å². The number of halogens is 1. The molecule has 1 saturated heterocycles. The third-order valence-electron chi connectivity index (χ3n) is 5.32. The zero-order valence-corrected chi connectivity index (χ0v) is 16.9. The molecular weight excluding hydrogens is 408 g/mol. The quantitative estimate of drug-likeness (QED) is 0.462. The van der Waals surface area contributed by atoms with Gasteiger partial charge in [-0.15, -0.1) is 0 Å². The van der Waals surface area contributed by atoms with Gasteiger partial charge in [0.25, 0.3) is 11.6 Å². The lowest BCUT2D eigenvalue weighted by atomic mass is 10.0. The number of morpholine rings is 1. The Balaban J connectivity index is 1.55. The molecule has 156 valence electrons. The smallest absolute Gasteiger partial charge is 0.270 e. The SMILES string of the molecule is O=C(NCC(c1ccc(Cl)cc1)N1CCOCC1)c1c[nH]c2ccc([N+](=O)[O-])cc12. The Hall–Kier alpha value is -2.94. The van der Waals surface area contributed by atoms with Crippen LogP contribution in [0.25, 0.3) is 10.9 Å². The van der Waals surface area contributed by atoms with E-state index in [2.05, 4.69) is 15.2 Å². The molecule has 1 aliphatic heterocycles. The first-order chi connectivity index (χ1) is 14.5. The summed E-state index contributed by atoms with van der Waals surface area (Å²) >= 11 is 6.03. The van der Waals surface area contributed by atoms with E-state index >= 15 is 0 Å². The van der Waals surface area contributed by atoms with Crippen molar-refractivity contribution in [3.05, 3.63) is 74.9 Å². The summed E-state index contributed by atoms with van der Waals surface area (Å²) < 4.78 is 5.46. The van der Waals surface area contributed by atoms with Crippen molar-refractivity contribution >= 4 is 34.1 Å². The molecule has 2 aromatic carbocycles. The largest absolute Gasteiger partial charge is 0.379 e.